The first kappa shape index (κ1) is 14.9. The first-order valence-corrected chi connectivity index (χ1v) is 7.01. The Morgan fingerprint density at radius 1 is 1.05 bits per heavy atom. The average molecular weight is 284 g/mol. The van der Waals surface area contributed by atoms with Crippen LogP contribution in [0.3, 0.4) is 0 Å². The standard InChI is InChI=1S/C17H20N2O2/c1-21-16-12-6-5-11-15(16)19-17(20)18-13-7-10-14-8-3-2-4-9-14/h2-6,8-9,11-12H,7,10,13H2,1H3,(H2,18,19,20). The fraction of sp³-hybridized carbons (Fsp3) is 0.235. The number of hydrogen-bond acceptors (Lipinski definition) is 2. The number of methoxy groups -OCH3 is 1. The lowest BCUT2D eigenvalue weighted by atomic mass is 10.1. The minimum absolute atomic E-state index is 0.215. The van der Waals surface area contributed by atoms with E-state index in [2.05, 4.69) is 22.8 Å². The highest BCUT2D eigenvalue weighted by molar-refractivity contribution is 5.90. The Labute approximate surface area is 125 Å². The number of rotatable bonds is 6. The van der Waals surface area contributed by atoms with E-state index < -0.39 is 0 Å². The van der Waals surface area contributed by atoms with Gasteiger partial charge >= 0.3 is 6.03 Å². The van der Waals surface area contributed by atoms with Crippen molar-refractivity contribution in [2.24, 2.45) is 0 Å². The minimum atomic E-state index is -0.215. The maximum absolute atomic E-state index is 11.8. The van der Waals surface area contributed by atoms with Gasteiger partial charge in [-0.15, -0.1) is 0 Å². The molecule has 0 saturated heterocycles. The smallest absolute Gasteiger partial charge is 0.319 e. The summed E-state index contributed by atoms with van der Waals surface area (Å²) in [6, 6.07) is 17.4. The van der Waals surface area contributed by atoms with Crippen molar-refractivity contribution in [2.75, 3.05) is 19.0 Å². The molecule has 21 heavy (non-hydrogen) atoms. The molecule has 110 valence electrons. The molecule has 0 aliphatic rings. The third-order valence-corrected chi connectivity index (χ3v) is 3.13. The van der Waals surface area contributed by atoms with E-state index in [1.54, 1.807) is 7.11 Å². The molecule has 0 bridgehead atoms. The van der Waals surface area contributed by atoms with Gasteiger partial charge in [-0.25, -0.2) is 4.79 Å². The summed E-state index contributed by atoms with van der Waals surface area (Å²) in [6.45, 7) is 0.635. The molecule has 0 spiro atoms. The molecule has 0 aliphatic carbocycles. The number of carbonyl (C=O) groups excluding carboxylic acids is 1. The van der Waals surface area contributed by atoms with Crippen LogP contribution in [0, 0.1) is 0 Å². The van der Waals surface area contributed by atoms with Crippen molar-refractivity contribution in [3.63, 3.8) is 0 Å². The number of benzene rings is 2. The molecule has 2 aromatic rings. The zero-order valence-electron chi connectivity index (χ0n) is 12.1. The third kappa shape index (κ3) is 4.84. The molecule has 0 atom stereocenters. The van der Waals surface area contributed by atoms with Gasteiger partial charge in [-0.2, -0.15) is 0 Å². The van der Waals surface area contributed by atoms with Crippen molar-refractivity contribution < 1.29 is 9.53 Å². The van der Waals surface area contributed by atoms with Crippen LogP contribution in [0.4, 0.5) is 10.5 Å². The maximum atomic E-state index is 11.8. The van der Waals surface area contributed by atoms with Crippen LogP contribution in [0.5, 0.6) is 5.75 Å². The van der Waals surface area contributed by atoms with Crippen molar-refractivity contribution in [1.82, 2.24) is 5.32 Å². The lowest BCUT2D eigenvalue weighted by Crippen LogP contribution is -2.29. The average Bonchev–Trinajstić information content (AvgIpc) is 2.53. The second-order valence-electron chi connectivity index (χ2n) is 4.67. The van der Waals surface area contributed by atoms with Crippen LogP contribution in [0.25, 0.3) is 0 Å². The molecule has 0 unspecified atom stereocenters. The summed E-state index contributed by atoms with van der Waals surface area (Å²) in [5.74, 6) is 0.650. The van der Waals surface area contributed by atoms with Gasteiger partial charge < -0.3 is 15.4 Å². The zero-order chi connectivity index (χ0) is 14.9. The van der Waals surface area contributed by atoms with E-state index in [0.717, 1.165) is 12.8 Å². The number of amides is 2. The van der Waals surface area contributed by atoms with E-state index in [1.807, 2.05) is 42.5 Å². The summed E-state index contributed by atoms with van der Waals surface area (Å²) >= 11 is 0. The number of ether oxygens (including phenoxy) is 1. The third-order valence-electron chi connectivity index (χ3n) is 3.13. The van der Waals surface area contributed by atoms with Gasteiger partial charge in [0.15, 0.2) is 0 Å². The molecule has 4 heteroatoms. The minimum Gasteiger partial charge on any atom is -0.495 e. The molecule has 0 aromatic heterocycles. The summed E-state index contributed by atoms with van der Waals surface area (Å²) in [4.78, 5) is 11.8. The Bertz CT molecular complexity index is 570. The van der Waals surface area contributed by atoms with Crippen LogP contribution in [0.2, 0.25) is 0 Å². The van der Waals surface area contributed by atoms with Gasteiger partial charge in [0, 0.05) is 6.54 Å². The molecule has 2 aromatic carbocycles. The van der Waals surface area contributed by atoms with Crippen molar-refractivity contribution >= 4 is 11.7 Å². The number of aryl methyl sites for hydroxylation is 1. The number of carbonyl (C=O) groups is 1. The Morgan fingerprint density at radius 2 is 1.76 bits per heavy atom. The summed E-state index contributed by atoms with van der Waals surface area (Å²) in [5.41, 5.74) is 1.95. The van der Waals surface area contributed by atoms with Gasteiger partial charge in [0.1, 0.15) is 5.75 Å². The van der Waals surface area contributed by atoms with Crippen LogP contribution in [-0.2, 0) is 6.42 Å². The molecule has 0 heterocycles. The highest BCUT2D eigenvalue weighted by Gasteiger charge is 2.05. The largest absolute Gasteiger partial charge is 0.495 e. The van der Waals surface area contributed by atoms with E-state index in [0.29, 0.717) is 18.0 Å². The zero-order valence-corrected chi connectivity index (χ0v) is 12.1. The predicted octanol–water partition coefficient (Wildman–Crippen LogP) is 3.45. The molecule has 2 rings (SSSR count). The van der Waals surface area contributed by atoms with Crippen LogP contribution in [0.1, 0.15) is 12.0 Å². The number of urea groups is 1. The van der Waals surface area contributed by atoms with Crippen molar-refractivity contribution in [1.29, 1.82) is 0 Å². The highest BCUT2D eigenvalue weighted by Crippen LogP contribution is 2.22. The predicted molar refractivity (Wildman–Crippen MR) is 84.8 cm³/mol. The van der Waals surface area contributed by atoms with Gasteiger partial charge in [-0.1, -0.05) is 42.5 Å². The Morgan fingerprint density at radius 3 is 2.52 bits per heavy atom. The first-order chi connectivity index (χ1) is 10.3. The first-order valence-electron chi connectivity index (χ1n) is 7.01. The van der Waals surface area contributed by atoms with Crippen LogP contribution in [0.15, 0.2) is 54.6 Å². The lowest BCUT2D eigenvalue weighted by Gasteiger charge is -2.10. The fourth-order valence-electron chi connectivity index (χ4n) is 2.05. The molecule has 0 radical (unpaired) electrons. The lowest BCUT2D eigenvalue weighted by molar-refractivity contribution is 0.252. The quantitative estimate of drug-likeness (QED) is 0.798. The topological polar surface area (TPSA) is 50.4 Å². The van der Waals surface area contributed by atoms with E-state index in [1.165, 1.54) is 5.56 Å². The number of para-hydroxylation sites is 2. The SMILES string of the molecule is COc1ccccc1NC(=O)NCCCc1ccccc1. The van der Waals surface area contributed by atoms with E-state index >= 15 is 0 Å². The highest BCUT2D eigenvalue weighted by atomic mass is 16.5. The molecule has 2 amide bonds. The molecule has 0 saturated carbocycles. The number of nitrogens with one attached hydrogen (secondary N) is 2. The Kier molecular flexibility index (Phi) is 5.64. The van der Waals surface area contributed by atoms with Gasteiger partial charge in [-0.3, -0.25) is 0 Å². The molecular weight excluding hydrogens is 264 g/mol. The second kappa shape index (κ2) is 7.94. The van der Waals surface area contributed by atoms with Crippen molar-refractivity contribution in [3.8, 4) is 5.75 Å². The maximum Gasteiger partial charge on any atom is 0.319 e. The van der Waals surface area contributed by atoms with Crippen LogP contribution >= 0.6 is 0 Å². The summed E-state index contributed by atoms with van der Waals surface area (Å²) < 4.78 is 5.19. The molecule has 0 fully saturated rings. The second-order valence-corrected chi connectivity index (χ2v) is 4.67. The van der Waals surface area contributed by atoms with Gasteiger partial charge in [0.05, 0.1) is 12.8 Å². The summed E-state index contributed by atoms with van der Waals surface area (Å²) in [6.07, 6.45) is 1.86. The van der Waals surface area contributed by atoms with E-state index in [-0.39, 0.29) is 6.03 Å². The fourth-order valence-corrected chi connectivity index (χ4v) is 2.05. The van der Waals surface area contributed by atoms with Crippen molar-refractivity contribution in [2.45, 2.75) is 12.8 Å². The Balaban J connectivity index is 1.72. The van der Waals surface area contributed by atoms with Gasteiger partial charge in [0.25, 0.3) is 0 Å². The van der Waals surface area contributed by atoms with E-state index in [4.69, 9.17) is 4.74 Å². The summed E-state index contributed by atoms with van der Waals surface area (Å²) in [5, 5.41) is 5.63. The normalized spacial score (nSPS) is 9.95. The van der Waals surface area contributed by atoms with Crippen LogP contribution < -0.4 is 15.4 Å². The van der Waals surface area contributed by atoms with Crippen molar-refractivity contribution in [3.05, 3.63) is 60.2 Å². The molecular formula is C17H20N2O2. The Hall–Kier alpha value is -2.49. The molecule has 4 nitrogen and oxygen atoms in total. The monoisotopic (exact) mass is 284 g/mol. The van der Waals surface area contributed by atoms with Gasteiger partial charge in [0.2, 0.25) is 0 Å². The van der Waals surface area contributed by atoms with Gasteiger partial charge in [-0.05, 0) is 30.5 Å². The number of hydrogen-bond donors (Lipinski definition) is 2. The summed E-state index contributed by atoms with van der Waals surface area (Å²) in [7, 11) is 1.58. The van der Waals surface area contributed by atoms with E-state index in [9.17, 15) is 4.79 Å². The van der Waals surface area contributed by atoms with Crippen LogP contribution in [-0.4, -0.2) is 19.7 Å². The molecule has 2 N–H and O–H groups in total. The molecule has 0 aliphatic heterocycles. The number of anilines is 1.